The van der Waals surface area contributed by atoms with Gasteiger partial charge in [0, 0.05) is 67.2 Å². The predicted molar refractivity (Wildman–Crippen MR) is 165 cm³/mol. The Hall–Kier alpha value is -4.20. The summed E-state index contributed by atoms with van der Waals surface area (Å²) < 4.78 is 37.0. The van der Waals surface area contributed by atoms with Gasteiger partial charge in [0.25, 0.3) is 5.56 Å². The number of rotatable bonds is 5. The lowest BCUT2D eigenvalue weighted by molar-refractivity contribution is 0.111. The number of ether oxygens (including phenoxy) is 1. The van der Waals surface area contributed by atoms with Crippen molar-refractivity contribution in [2.45, 2.75) is 55.9 Å². The molecule has 4 saturated heterocycles. The Morgan fingerprint density at radius 3 is 2.75 bits per heavy atom. The largest absolute Gasteiger partial charge is 0.508 e. The van der Waals surface area contributed by atoms with Crippen LogP contribution in [0.3, 0.4) is 0 Å². The summed E-state index contributed by atoms with van der Waals surface area (Å²) in [6.45, 7) is 3.16. The molecule has 2 unspecified atom stereocenters. The summed E-state index contributed by atoms with van der Waals surface area (Å²) >= 11 is 0. The summed E-state index contributed by atoms with van der Waals surface area (Å²) in [4.78, 5) is 23.5. The monoisotopic (exact) mass is 597 g/mol. The molecule has 4 fully saturated rings. The molecule has 6 heterocycles. The molecule has 0 saturated carbocycles. The van der Waals surface area contributed by atoms with E-state index in [2.05, 4.69) is 21.0 Å². The molecule has 0 spiro atoms. The fourth-order valence-corrected chi connectivity index (χ4v) is 8.09. The smallest absolute Gasteiger partial charge is 0.281 e. The van der Waals surface area contributed by atoms with Crippen LogP contribution in [-0.2, 0) is 0 Å². The number of terminal acetylenes is 1. The van der Waals surface area contributed by atoms with E-state index in [4.69, 9.17) is 16.1 Å². The number of nitrogens with zero attached hydrogens (tertiary/aromatic N) is 4. The second-order valence-corrected chi connectivity index (χ2v) is 12.8. The number of halogens is 2. The van der Waals surface area contributed by atoms with Crippen LogP contribution in [0.5, 0.6) is 11.6 Å². The molecule has 44 heavy (non-hydrogen) atoms. The van der Waals surface area contributed by atoms with Gasteiger partial charge in [0.05, 0.1) is 22.5 Å². The molecule has 4 atom stereocenters. The zero-order valence-electron chi connectivity index (χ0n) is 24.2. The summed E-state index contributed by atoms with van der Waals surface area (Å²) in [7, 11) is 0. The van der Waals surface area contributed by atoms with E-state index in [9.17, 15) is 18.7 Å². The van der Waals surface area contributed by atoms with Crippen molar-refractivity contribution in [1.82, 2.24) is 19.8 Å². The molecular weight excluding hydrogens is 564 g/mol. The topological polar surface area (TPSA) is 82.9 Å². The number of hydrogen-bond acceptors (Lipinski definition) is 7. The highest BCUT2D eigenvalue weighted by Crippen LogP contribution is 2.41. The van der Waals surface area contributed by atoms with Crippen molar-refractivity contribution in [2.24, 2.45) is 0 Å². The highest BCUT2D eigenvalue weighted by atomic mass is 19.1. The third kappa shape index (κ3) is 4.32. The normalized spacial score (nSPS) is 26.4. The number of phenols is 1. The SMILES string of the molecule is C#Cc1c(F)ccc2cc(O)cc(-n3ccc4c(N5CC6CCC(C5)N6)cc(OC[C@@]56CCCN5C[C@H](F)C6)nc4c3=O)c12. The van der Waals surface area contributed by atoms with Crippen molar-refractivity contribution in [3.05, 3.63) is 64.3 Å². The number of piperazine rings is 1. The minimum Gasteiger partial charge on any atom is -0.508 e. The number of pyridine rings is 2. The van der Waals surface area contributed by atoms with E-state index in [1.54, 1.807) is 6.20 Å². The van der Waals surface area contributed by atoms with Gasteiger partial charge in [0.1, 0.15) is 29.9 Å². The first-order valence-corrected chi connectivity index (χ1v) is 15.3. The third-order valence-corrected chi connectivity index (χ3v) is 10.1. The molecule has 226 valence electrons. The molecule has 2 aromatic carbocycles. The summed E-state index contributed by atoms with van der Waals surface area (Å²) in [6.07, 6.45) is 10.9. The molecule has 2 aromatic heterocycles. The van der Waals surface area contributed by atoms with E-state index in [0.29, 0.717) is 53.7 Å². The first-order chi connectivity index (χ1) is 21.3. The fraction of sp³-hybridized carbons (Fsp3) is 0.412. The Morgan fingerprint density at radius 1 is 1.14 bits per heavy atom. The molecule has 2 bridgehead atoms. The van der Waals surface area contributed by atoms with Gasteiger partial charge >= 0.3 is 0 Å². The molecule has 10 heteroatoms. The summed E-state index contributed by atoms with van der Waals surface area (Å²) in [5.41, 5.74) is 0.509. The van der Waals surface area contributed by atoms with Crippen LogP contribution in [0.4, 0.5) is 14.5 Å². The fourth-order valence-electron chi connectivity index (χ4n) is 8.09. The predicted octanol–water partition coefficient (Wildman–Crippen LogP) is 4.26. The first-order valence-electron chi connectivity index (χ1n) is 15.3. The van der Waals surface area contributed by atoms with Gasteiger partial charge in [-0.1, -0.05) is 12.0 Å². The summed E-state index contributed by atoms with van der Waals surface area (Å²) in [5.74, 6) is 2.05. The van der Waals surface area contributed by atoms with Crippen LogP contribution in [0.25, 0.3) is 27.4 Å². The van der Waals surface area contributed by atoms with E-state index in [1.165, 1.54) is 28.8 Å². The number of aromatic nitrogens is 2. The molecule has 8 rings (SSSR count). The van der Waals surface area contributed by atoms with Gasteiger partial charge in [-0.2, -0.15) is 0 Å². The van der Waals surface area contributed by atoms with Crippen molar-refractivity contribution in [3.8, 4) is 29.7 Å². The van der Waals surface area contributed by atoms with Gasteiger partial charge in [-0.15, -0.1) is 6.42 Å². The van der Waals surface area contributed by atoms with Crippen molar-refractivity contribution in [3.63, 3.8) is 0 Å². The average molecular weight is 598 g/mol. The maximum atomic E-state index is 14.8. The molecule has 4 aliphatic rings. The van der Waals surface area contributed by atoms with Crippen molar-refractivity contribution >= 4 is 27.4 Å². The quantitative estimate of drug-likeness (QED) is 0.333. The Morgan fingerprint density at radius 2 is 1.95 bits per heavy atom. The van der Waals surface area contributed by atoms with Gasteiger partial charge in [-0.25, -0.2) is 13.8 Å². The Labute approximate surface area is 253 Å². The minimum atomic E-state index is -0.877. The Balaban J connectivity index is 1.28. The van der Waals surface area contributed by atoms with E-state index in [1.807, 2.05) is 12.1 Å². The van der Waals surface area contributed by atoms with Crippen LogP contribution in [0.2, 0.25) is 0 Å². The molecule has 4 aromatic rings. The molecule has 8 nitrogen and oxygen atoms in total. The standard InChI is InChI=1S/C34H33F2N5O3/c1-2-25-27(36)7-4-20-12-24(42)13-29(31(20)25)41-11-8-26-28(39-17-22-5-6-23(18-39)37-22)14-30(38-32(26)33(41)43)44-19-34-9-3-10-40(34)16-21(35)15-34/h1,4,7-8,11-14,21-23,37,42H,3,5-6,9-10,15-19H2/t21-,22?,23?,34+/m1/s1. The number of phenolic OH excluding ortho intramolecular Hbond substituents is 1. The van der Waals surface area contributed by atoms with Gasteiger partial charge in [-0.3, -0.25) is 14.3 Å². The average Bonchev–Trinajstić information content (AvgIpc) is 3.66. The lowest BCUT2D eigenvalue weighted by Gasteiger charge is -2.35. The third-order valence-electron chi connectivity index (χ3n) is 10.1. The molecule has 4 aliphatic heterocycles. The van der Waals surface area contributed by atoms with E-state index < -0.39 is 17.5 Å². The highest BCUT2D eigenvalue weighted by molar-refractivity contribution is 5.97. The van der Waals surface area contributed by atoms with Crippen molar-refractivity contribution in [2.75, 3.05) is 37.7 Å². The lowest BCUT2D eigenvalue weighted by Crippen LogP contribution is -2.51. The van der Waals surface area contributed by atoms with E-state index in [-0.39, 0.29) is 28.1 Å². The number of hydrogen-bond donors (Lipinski definition) is 2. The highest BCUT2D eigenvalue weighted by Gasteiger charge is 2.49. The zero-order chi connectivity index (χ0) is 30.2. The molecule has 0 amide bonds. The first kappa shape index (κ1) is 27.4. The Kier molecular flexibility index (Phi) is 6.33. The van der Waals surface area contributed by atoms with Crippen molar-refractivity contribution < 1.29 is 18.6 Å². The molecule has 0 aliphatic carbocycles. The van der Waals surface area contributed by atoms with E-state index in [0.717, 1.165) is 51.0 Å². The van der Waals surface area contributed by atoms with Gasteiger partial charge in [0.2, 0.25) is 5.88 Å². The number of fused-ring (bicyclic) bond motifs is 5. The van der Waals surface area contributed by atoms with Gasteiger partial charge in [0.15, 0.2) is 0 Å². The number of nitrogens with one attached hydrogen (secondary N) is 1. The van der Waals surface area contributed by atoms with E-state index >= 15 is 0 Å². The van der Waals surface area contributed by atoms with Gasteiger partial charge in [-0.05, 0) is 55.8 Å². The minimum absolute atomic E-state index is 0.00891. The molecule has 2 N–H and O–H groups in total. The second-order valence-electron chi connectivity index (χ2n) is 12.8. The second kappa shape index (κ2) is 10.2. The molecular formula is C34H33F2N5O3. The van der Waals surface area contributed by atoms with Crippen LogP contribution in [0, 0.1) is 18.2 Å². The van der Waals surface area contributed by atoms with Crippen LogP contribution < -0.4 is 20.5 Å². The van der Waals surface area contributed by atoms with Gasteiger partial charge < -0.3 is 20.1 Å². The number of alkyl halides is 1. The summed E-state index contributed by atoms with van der Waals surface area (Å²) in [6, 6.07) is 10.1. The van der Waals surface area contributed by atoms with Crippen LogP contribution in [0.15, 0.2) is 47.4 Å². The van der Waals surface area contributed by atoms with Crippen LogP contribution in [0.1, 0.15) is 37.7 Å². The number of aromatic hydroxyl groups is 1. The van der Waals surface area contributed by atoms with Crippen LogP contribution >= 0.6 is 0 Å². The van der Waals surface area contributed by atoms with Crippen LogP contribution in [-0.4, -0.2) is 76.1 Å². The number of benzene rings is 2. The van der Waals surface area contributed by atoms with Crippen molar-refractivity contribution in [1.29, 1.82) is 0 Å². The summed E-state index contributed by atoms with van der Waals surface area (Å²) in [5, 5.41) is 15.7. The maximum absolute atomic E-state index is 14.8. The maximum Gasteiger partial charge on any atom is 0.281 e. The zero-order valence-corrected chi connectivity index (χ0v) is 24.2. The lowest BCUT2D eigenvalue weighted by atomic mass is 9.95. The Bertz CT molecular complexity index is 1910. The molecule has 0 radical (unpaired) electrons. The number of anilines is 1.